The molecule has 2 aromatic rings. The number of nitrogens with zero attached hydrogens (tertiary/aromatic N) is 2. The smallest absolute Gasteiger partial charge is 0.195 e. The monoisotopic (exact) mass is 191 g/mol. The van der Waals surface area contributed by atoms with E-state index in [9.17, 15) is 0 Å². The number of hydrogen-bond acceptors (Lipinski definition) is 2. The highest BCUT2D eigenvalue weighted by atomic mass is 32.1. The van der Waals surface area contributed by atoms with Crippen molar-refractivity contribution >= 4 is 12.2 Å². The molecule has 4 heteroatoms. The summed E-state index contributed by atoms with van der Waals surface area (Å²) >= 11 is 5.02. The van der Waals surface area contributed by atoms with Crippen LogP contribution in [-0.4, -0.2) is 14.8 Å². The van der Waals surface area contributed by atoms with Crippen molar-refractivity contribution in [1.82, 2.24) is 14.8 Å². The molecule has 0 amide bonds. The lowest BCUT2D eigenvalue weighted by molar-refractivity contribution is 0.902. The Morgan fingerprint density at radius 1 is 1.31 bits per heavy atom. The molecule has 0 radical (unpaired) electrons. The van der Waals surface area contributed by atoms with Gasteiger partial charge in [0.1, 0.15) is 0 Å². The topological polar surface area (TPSA) is 33.6 Å². The average molecular weight is 191 g/mol. The first-order chi connectivity index (χ1) is 6.29. The third-order valence-corrected chi connectivity index (χ3v) is 2.28. The molecule has 3 nitrogen and oxygen atoms in total. The molecule has 0 spiro atoms. The predicted octanol–water partition coefficient (Wildman–Crippen LogP) is 2.14. The van der Waals surface area contributed by atoms with Crippen LogP contribution in [0.15, 0.2) is 30.3 Å². The van der Waals surface area contributed by atoms with E-state index in [1.54, 1.807) is 0 Å². The van der Waals surface area contributed by atoms with Crippen LogP contribution < -0.4 is 0 Å². The quantitative estimate of drug-likeness (QED) is 0.701. The van der Waals surface area contributed by atoms with E-state index >= 15 is 0 Å². The minimum absolute atomic E-state index is 0.638. The molecule has 1 aromatic carbocycles. The summed E-state index contributed by atoms with van der Waals surface area (Å²) in [4.78, 5) is 0. The maximum atomic E-state index is 5.02. The van der Waals surface area contributed by atoms with Gasteiger partial charge in [0, 0.05) is 12.6 Å². The highest BCUT2D eigenvalue weighted by molar-refractivity contribution is 7.71. The van der Waals surface area contributed by atoms with Crippen molar-refractivity contribution in [2.24, 2.45) is 7.05 Å². The number of H-pyrrole nitrogens is 1. The van der Waals surface area contributed by atoms with Crippen molar-refractivity contribution in [2.75, 3.05) is 0 Å². The Balaban J connectivity index is 2.60. The fraction of sp³-hybridized carbons (Fsp3) is 0.111. The summed E-state index contributed by atoms with van der Waals surface area (Å²) in [6.45, 7) is 0. The van der Waals surface area contributed by atoms with Gasteiger partial charge in [-0.15, -0.1) is 0 Å². The zero-order valence-electron chi connectivity index (χ0n) is 7.19. The molecule has 0 bridgehead atoms. The molecule has 0 aliphatic rings. The summed E-state index contributed by atoms with van der Waals surface area (Å²) in [6.07, 6.45) is 0. The predicted molar refractivity (Wildman–Crippen MR) is 53.8 cm³/mol. The van der Waals surface area contributed by atoms with Crippen LogP contribution in [0.1, 0.15) is 0 Å². The van der Waals surface area contributed by atoms with E-state index in [2.05, 4.69) is 10.2 Å². The van der Waals surface area contributed by atoms with Crippen LogP contribution in [-0.2, 0) is 7.05 Å². The first kappa shape index (κ1) is 8.19. The normalized spacial score (nSPS) is 10.2. The van der Waals surface area contributed by atoms with Crippen molar-refractivity contribution in [3.63, 3.8) is 0 Å². The van der Waals surface area contributed by atoms with E-state index in [1.807, 2.05) is 41.9 Å². The van der Waals surface area contributed by atoms with Gasteiger partial charge in [-0.2, -0.15) is 5.10 Å². The number of hydrogen-bond donors (Lipinski definition) is 1. The summed E-state index contributed by atoms with van der Waals surface area (Å²) in [6, 6.07) is 9.95. The molecule has 0 saturated heterocycles. The zero-order chi connectivity index (χ0) is 9.26. The molecule has 13 heavy (non-hydrogen) atoms. The lowest BCUT2D eigenvalue weighted by Gasteiger charge is -1.98. The first-order valence-electron chi connectivity index (χ1n) is 3.96. The van der Waals surface area contributed by atoms with Crippen molar-refractivity contribution in [2.45, 2.75) is 0 Å². The fourth-order valence-electron chi connectivity index (χ4n) is 1.19. The zero-order valence-corrected chi connectivity index (χ0v) is 8.01. The number of aromatic nitrogens is 3. The van der Waals surface area contributed by atoms with Crippen LogP contribution in [0.2, 0.25) is 0 Å². The van der Waals surface area contributed by atoms with Gasteiger partial charge >= 0.3 is 0 Å². The molecule has 1 N–H and O–H groups in total. The van der Waals surface area contributed by atoms with Gasteiger partial charge in [0.05, 0.1) is 0 Å². The Morgan fingerprint density at radius 3 is 2.54 bits per heavy atom. The highest BCUT2D eigenvalue weighted by Gasteiger charge is 2.02. The lowest BCUT2D eigenvalue weighted by Crippen LogP contribution is -1.91. The Morgan fingerprint density at radius 2 is 2.00 bits per heavy atom. The van der Waals surface area contributed by atoms with Crippen molar-refractivity contribution < 1.29 is 0 Å². The van der Waals surface area contributed by atoms with E-state index < -0.39 is 0 Å². The summed E-state index contributed by atoms with van der Waals surface area (Å²) in [5, 5.41) is 6.88. The molecule has 1 aromatic heterocycles. The van der Waals surface area contributed by atoms with Crippen LogP contribution in [0.5, 0.6) is 0 Å². The maximum Gasteiger partial charge on any atom is 0.195 e. The van der Waals surface area contributed by atoms with E-state index in [0.29, 0.717) is 4.77 Å². The van der Waals surface area contributed by atoms with Gasteiger partial charge in [-0.1, -0.05) is 30.3 Å². The van der Waals surface area contributed by atoms with Gasteiger partial charge < -0.3 is 4.57 Å². The SMILES string of the molecule is Cn1c(-c2ccccc2)n[nH]c1=S. The minimum atomic E-state index is 0.638. The second-order valence-electron chi connectivity index (χ2n) is 2.78. The van der Waals surface area contributed by atoms with Crippen LogP contribution in [0.3, 0.4) is 0 Å². The van der Waals surface area contributed by atoms with Gasteiger partial charge in [0.15, 0.2) is 10.6 Å². The highest BCUT2D eigenvalue weighted by Crippen LogP contribution is 2.14. The second-order valence-corrected chi connectivity index (χ2v) is 3.16. The molecule has 66 valence electrons. The standard InChI is InChI=1S/C9H9N3S/c1-12-8(10-11-9(12)13)7-5-3-2-4-6-7/h2-6H,1H3,(H,11,13). The Kier molecular flexibility index (Phi) is 1.98. The molecule has 0 saturated carbocycles. The molecule has 0 aliphatic heterocycles. The van der Waals surface area contributed by atoms with E-state index in [4.69, 9.17) is 12.2 Å². The summed E-state index contributed by atoms with van der Waals surface area (Å²) in [5.74, 6) is 0.866. The van der Waals surface area contributed by atoms with Gasteiger partial charge in [-0.25, -0.2) is 0 Å². The van der Waals surface area contributed by atoms with Gasteiger partial charge in [-0.05, 0) is 12.2 Å². The number of aromatic amines is 1. The summed E-state index contributed by atoms with van der Waals surface area (Å²) in [7, 11) is 1.90. The molecule has 2 rings (SSSR count). The largest absolute Gasteiger partial charge is 0.303 e. The summed E-state index contributed by atoms with van der Waals surface area (Å²) in [5.41, 5.74) is 1.07. The third-order valence-electron chi connectivity index (χ3n) is 1.91. The second kappa shape index (κ2) is 3.14. The molecule has 0 unspecified atom stereocenters. The molecule has 0 fully saturated rings. The van der Waals surface area contributed by atoms with Gasteiger partial charge in [0.25, 0.3) is 0 Å². The Labute approximate surface area is 81.0 Å². The lowest BCUT2D eigenvalue weighted by atomic mass is 10.2. The molecular formula is C9H9N3S. The van der Waals surface area contributed by atoms with Crippen LogP contribution >= 0.6 is 12.2 Å². The van der Waals surface area contributed by atoms with E-state index in [0.717, 1.165) is 11.4 Å². The van der Waals surface area contributed by atoms with E-state index in [1.165, 1.54) is 0 Å². The van der Waals surface area contributed by atoms with Crippen LogP contribution in [0.4, 0.5) is 0 Å². The number of benzene rings is 1. The fourth-order valence-corrected chi connectivity index (χ4v) is 1.32. The molecule has 1 heterocycles. The third kappa shape index (κ3) is 1.40. The Bertz CT molecular complexity index is 455. The van der Waals surface area contributed by atoms with Crippen LogP contribution in [0.25, 0.3) is 11.4 Å². The van der Waals surface area contributed by atoms with Gasteiger partial charge in [0.2, 0.25) is 0 Å². The van der Waals surface area contributed by atoms with E-state index in [-0.39, 0.29) is 0 Å². The minimum Gasteiger partial charge on any atom is -0.303 e. The first-order valence-corrected chi connectivity index (χ1v) is 4.36. The molecule has 0 atom stereocenters. The maximum absolute atomic E-state index is 5.02. The average Bonchev–Trinajstić information content (AvgIpc) is 2.49. The Hall–Kier alpha value is -1.42. The van der Waals surface area contributed by atoms with Crippen molar-refractivity contribution in [3.8, 4) is 11.4 Å². The molecular weight excluding hydrogens is 182 g/mol. The van der Waals surface area contributed by atoms with Crippen molar-refractivity contribution in [1.29, 1.82) is 0 Å². The molecule has 0 aliphatic carbocycles. The van der Waals surface area contributed by atoms with Crippen molar-refractivity contribution in [3.05, 3.63) is 35.1 Å². The summed E-state index contributed by atoms with van der Waals surface area (Å²) < 4.78 is 2.49. The van der Waals surface area contributed by atoms with Crippen LogP contribution in [0, 0.1) is 4.77 Å². The number of nitrogens with one attached hydrogen (secondary N) is 1. The number of rotatable bonds is 1. The van der Waals surface area contributed by atoms with Gasteiger partial charge in [-0.3, -0.25) is 5.10 Å².